The maximum atomic E-state index is 6.25. The normalized spacial score (nSPS) is 0.600. The Kier molecular flexibility index (Phi) is 49400. The molecule has 12 nitrogen and oxygen atoms in total. The van der Waals surface area contributed by atoms with E-state index in [0.717, 1.165) is 0 Å². The first-order valence-electron chi connectivity index (χ1n) is 1.34. The number of hydrogen-bond acceptors (Lipinski definition) is 6. The average Bonchev–Trinajstić information content (AvgIpc) is 2.33. The smallest absolute Gasteiger partial charge is 1.00 e. The fourth-order valence-corrected chi connectivity index (χ4v) is 0. The zero-order valence-corrected chi connectivity index (χ0v) is 14.3. The summed E-state index contributed by atoms with van der Waals surface area (Å²) < 4.78 is 0. The molecule has 0 radical (unpaired) electrons. The Morgan fingerprint density at radius 3 is 0.350 bits per heavy atom. The van der Waals surface area contributed by atoms with Crippen LogP contribution in [0.1, 0.15) is 1.43 Å². The van der Waals surface area contributed by atoms with E-state index in [1.165, 1.54) is 0 Å². The summed E-state index contributed by atoms with van der Waals surface area (Å²) in [5, 5.41) is 37.5. The Morgan fingerprint density at radius 1 is 0.350 bits per heavy atom. The first-order chi connectivity index (χ1) is 6.00. The molecule has 0 aromatic rings. The van der Waals surface area contributed by atoms with Crippen LogP contribution < -0.4 is 51.4 Å². The predicted molar refractivity (Wildman–Crippen MR) is 52.6 cm³/mol. The molecule has 0 unspecified atom stereocenters. The van der Waals surface area contributed by atoms with E-state index in [1.807, 2.05) is 0 Å². The fraction of sp³-hybridized carbons (Fsp3) is 0. The van der Waals surface area contributed by atoms with Gasteiger partial charge in [-0.1, -0.05) is 0 Å². The summed E-state index contributed by atoms with van der Waals surface area (Å²) in [5.41, 5.74) is 0. The molecule has 0 heterocycles. The molecule has 0 aliphatic heterocycles. The SMILES string of the molecule is O.O.O.O.O.O.[C-]#N.[C-]#N.[C-]#N.[C-]#N.[C-]#N.[C-]#N.[Fe+6].[H-].[K+]. The molecular formula is C6H13FeKN6O6. The molecule has 14 heteroatoms. The van der Waals surface area contributed by atoms with Crippen LogP contribution in [0.3, 0.4) is 0 Å². The number of hydrogen-bond donors (Lipinski definition) is 0. The average molecular weight is 360 g/mol. The van der Waals surface area contributed by atoms with E-state index in [-0.39, 0.29) is 103 Å². The molecule has 0 spiro atoms. The second-order valence-corrected chi connectivity index (χ2v) is 0. The fourth-order valence-electron chi connectivity index (χ4n) is 0. The first-order valence-corrected chi connectivity index (χ1v) is 1.34. The van der Waals surface area contributed by atoms with Crippen LogP contribution in [0, 0.1) is 71.0 Å². The summed E-state index contributed by atoms with van der Waals surface area (Å²) in [6, 6.07) is 0. The van der Waals surface area contributed by atoms with Crippen LogP contribution in [0.5, 0.6) is 0 Å². The van der Waals surface area contributed by atoms with Crippen molar-refractivity contribution in [1.82, 2.24) is 0 Å². The molecule has 0 saturated carbocycles. The quantitative estimate of drug-likeness (QED) is 0.298. The van der Waals surface area contributed by atoms with Crippen LogP contribution in [0.25, 0.3) is 0 Å². The van der Waals surface area contributed by atoms with E-state index in [0.29, 0.717) is 0 Å². The summed E-state index contributed by atoms with van der Waals surface area (Å²) in [6.45, 7) is 28.5. The van der Waals surface area contributed by atoms with Crippen molar-refractivity contribution in [2.75, 3.05) is 0 Å². The molecule has 112 valence electrons. The zero-order valence-electron chi connectivity index (χ0n) is 11.0. The van der Waals surface area contributed by atoms with Crippen LogP contribution in [0.4, 0.5) is 0 Å². The molecule has 0 rings (SSSR count). The topological polar surface area (TPSA) is 332 Å². The third-order valence-electron chi connectivity index (χ3n) is 0. The molecule has 0 aromatic heterocycles. The van der Waals surface area contributed by atoms with Crippen molar-refractivity contribution in [3.8, 4) is 0 Å². The van der Waals surface area contributed by atoms with Crippen molar-refractivity contribution in [3.05, 3.63) is 39.4 Å². The van der Waals surface area contributed by atoms with E-state index in [4.69, 9.17) is 71.0 Å². The van der Waals surface area contributed by atoms with E-state index in [2.05, 4.69) is 0 Å². The molecule has 0 aliphatic rings. The molecule has 0 saturated heterocycles. The number of rotatable bonds is 0. The maximum absolute atomic E-state index is 6.25. The van der Waals surface area contributed by atoms with Gasteiger partial charge in [0, 0.05) is 0 Å². The van der Waals surface area contributed by atoms with Gasteiger partial charge in [-0.3, -0.25) is 0 Å². The van der Waals surface area contributed by atoms with E-state index < -0.39 is 0 Å². The second-order valence-electron chi connectivity index (χ2n) is 0. The predicted octanol–water partition coefficient (Wildman–Crippen LogP) is -7.26. The van der Waals surface area contributed by atoms with Crippen LogP contribution >= 0.6 is 0 Å². The van der Waals surface area contributed by atoms with Crippen molar-refractivity contribution in [2.24, 2.45) is 0 Å². The van der Waals surface area contributed by atoms with Gasteiger partial charge >= 0.3 is 68.5 Å². The van der Waals surface area contributed by atoms with Crippen LogP contribution in [-0.4, -0.2) is 32.9 Å². The van der Waals surface area contributed by atoms with Gasteiger partial charge in [0.1, 0.15) is 0 Å². The van der Waals surface area contributed by atoms with Gasteiger partial charge in [-0.2, -0.15) is 0 Å². The van der Waals surface area contributed by atoms with Gasteiger partial charge in [-0.25, -0.2) is 0 Å². The van der Waals surface area contributed by atoms with Gasteiger partial charge in [0.2, 0.25) is 0 Å². The van der Waals surface area contributed by atoms with Gasteiger partial charge in [-0.05, 0) is 0 Å². The van der Waals surface area contributed by atoms with E-state index in [9.17, 15) is 0 Å². The summed E-state index contributed by atoms with van der Waals surface area (Å²) in [6.07, 6.45) is 0. The van der Waals surface area contributed by atoms with Gasteiger partial charge < -0.3 is 105 Å². The van der Waals surface area contributed by atoms with Gasteiger partial charge in [0.25, 0.3) is 0 Å². The first kappa shape index (κ1) is 255. The number of nitrogens with zero attached hydrogens (tertiary/aromatic N) is 6. The Balaban J connectivity index is -0.00000000146. The van der Waals surface area contributed by atoms with Crippen molar-refractivity contribution >= 4 is 0 Å². The summed E-state index contributed by atoms with van der Waals surface area (Å²) >= 11 is 0. The molecule has 0 aliphatic carbocycles. The Labute approximate surface area is 172 Å². The standard InChI is InChI=1S/6CN.Fe.K.6H2O.H/c6*1-2;;;;;;;;;/h;;;;;;;;6*1H2;/q6*-1;+6;+1;;;;;;;-1. The Bertz CT molecular complexity index is 121. The molecular weight excluding hydrogens is 347 g/mol. The Hall–Kier alpha value is -1.14. The van der Waals surface area contributed by atoms with Crippen LogP contribution in [0.2, 0.25) is 0 Å². The molecule has 20 heavy (non-hydrogen) atoms. The second kappa shape index (κ2) is 3880. The van der Waals surface area contributed by atoms with Crippen molar-refractivity contribution < 1.29 is 103 Å². The van der Waals surface area contributed by atoms with Crippen LogP contribution in [-0.2, 0) is 17.1 Å². The van der Waals surface area contributed by atoms with Crippen molar-refractivity contribution in [3.63, 3.8) is 0 Å². The van der Waals surface area contributed by atoms with Crippen molar-refractivity contribution in [1.29, 1.82) is 31.6 Å². The van der Waals surface area contributed by atoms with Crippen LogP contribution in [0.15, 0.2) is 0 Å². The summed E-state index contributed by atoms with van der Waals surface area (Å²) in [4.78, 5) is 0. The monoisotopic (exact) mass is 360 g/mol. The molecule has 0 aromatic carbocycles. The van der Waals surface area contributed by atoms with Gasteiger partial charge in [-0.15, -0.1) is 0 Å². The summed E-state index contributed by atoms with van der Waals surface area (Å²) in [5.74, 6) is 0. The third kappa shape index (κ3) is 3240. The minimum Gasteiger partial charge on any atom is -1.00 e. The third-order valence-corrected chi connectivity index (χ3v) is 0. The maximum Gasteiger partial charge on any atom is 6.00 e. The minimum atomic E-state index is 0. The molecule has 0 amide bonds. The minimum absolute atomic E-state index is 0. The van der Waals surface area contributed by atoms with Gasteiger partial charge in [0.05, 0.1) is 0 Å². The van der Waals surface area contributed by atoms with Gasteiger partial charge in [0.15, 0.2) is 0 Å². The molecule has 0 fully saturated rings. The van der Waals surface area contributed by atoms with E-state index in [1.54, 1.807) is 0 Å². The zero-order chi connectivity index (χ0) is 12.0. The van der Waals surface area contributed by atoms with Crippen molar-refractivity contribution in [2.45, 2.75) is 0 Å². The molecule has 12 N–H and O–H groups in total. The molecule has 0 bridgehead atoms. The van der Waals surface area contributed by atoms with E-state index >= 15 is 0 Å². The Morgan fingerprint density at radius 2 is 0.350 bits per heavy atom. The molecule has 0 atom stereocenters. The summed E-state index contributed by atoms with van der Waals surface area (Å²) in [7, 11) is 0. The largest absolute Gasteiger partial charge is 6.00 e.